The van der Waals surface area contributed by atoms with Gasteiger partial charge in [0.2, 0.25) is 5.91 Å². The number of hydrogen-bond acceptors (Lipinski definition) is 4. The predicted molar refractivity (Wildman–Crippen MR) is 91.0 cm³/mol. The Morgan fingerprint density at radius 3 is 2.71 bits per heavy atom. The maximum Gasteiger partial charge on any atom is 0.223 e. The summed E-state index contributed by atoms with van der Waals surface area (Å²) in [6.07, 6.45) is 8.44. The lowest BCUT2D eigenvalue weighted by molar-refractivity contribution is -0.128. The van der Waals surface area contributed by atoms with Crippen LogP contribution in [0.5, 0.6) is 0 Å². The van der Waals surface area contributed by atoms with Crippen LogP contribution < -0.4 is 11.1 Å². The molecule has 24 heavy (non-hydrogen) atoms. The molecule has 2 heterocycles. The fourth-order valence-corrected chi connectivity index (χ4v) is 4.98. The van der Waals surface area contributed by atoms with Crippen molar-refractivity contribution in [3.63, 3.8) is 0 Å². The molecule has 2 aliphatic carbocycles. The Bertz CT molecular complexity index is 599. The molecule has 6 nitrogen and oxygen atoms in total. The first-order chi connectivity index (χ1) is 11.7. The summed E-state index contributed by atoms with van der Waals surface area (Å²) in [7, 11) is 0. The summed E-state index contributed by atoms with van der Waals surface area (Å²) >= 11 is 0. The second kappa shape index (κ2) is 6.47. The van der Waals surface area contributed by atoms with Crippen molar-refractivity contribution >= 4 is 5.91 Å². The van der Waals surface area contributed by atoms with Gasteiger partial charge in [-0.05, 0) is 50.4 Å². The minimum atomic E-state index is 0.0227. The second-order valence-corrected chi connectivity index (χ2v) is 7.86. The Morgan fingerprint density at radius 2 is 2.00 bits per heavy atom. The van der Waals surface area contributed by atoms with Crippen LogP contribution in [-0.2, 0) is 17.8 Å². The zero-order chi connectivity index (χ0) is 16.7. The number of aryl methyl sites for hydroxylation is 2. The molecule has 3 atom stereocenters. The van der Waals surface area contributed by atoms with Crippen LogP contribution in [0.1, 0.15) is 69.6 Å². The summed E-state index contributed by atoms with van der Waals surface area (Å²) in [5.41, 5.74) is 6.36. The van der Waals surface area contributed by atoms with Gasteiger partial charge in [0.25, 0.3) is 0 Å². The first kappa shape index (κ1) is 16.1. The van der Waals surface area contributed by atoms with E-state index in [2.05, 4.69) is 22.3 Å². The first-order valence-corrected chi connectivity index (χ1v) is 9.65. The largest absolute Gasteiger partial charge is 0.346 e. The molecule has 2 saturated carbocycles. The summed E-state index contributed by atoms with van der Waals surface area (Å²) in [5, 5.41) is 7.82. The highest BCUT2D eigenvalue weighted by molar-refractivity contribution is 5.79. The third kappa shape index (κ3) is 2.85. The van der Waals surface area contributed by atoms with Gasteiger partial charge in [0, 0.05) is 24.9 Å². The minimum Gasteiger partial charge on any atom is -0.346 e. The number of aromatic nitrogens is 3. The van der Waals surface area contributed by atoms with Gasteiger partial charge in [-0.3, -0.25) is 4.79 Å². The van der Waals surface area contributed by atoms with E-state index in [4.69, 9.17) is 5.73 Å². The van der Waals surface area contributed by atoms with Crippen molar-refractivity contribution in [1.82, 2.24) is 20.1 Å². The smallest absolute Gasteiger partial charge is 0.223 e. The highest BCUT2D eigenvalue weighted by Gasteiger charge is 2.41. The number of nitrogens with zero attached hydrogens (tertiary/aromatic N) is 3. The molecule has 3 unspecified atom stereocenters. The van der Waals surface area contributed by atoms with Crippen LogP contribution >= 0.6 is 0 Å². The lowest BCUT2D eigenvalue weighted by atomic mass is 9.65. The Morgan fingerprint density at radius 1 is 1.25 bits per heavy atom. The Kier molecular flexibility index (Phi) is 4.33. The third-order valence-electron chi connectivity index (χ3n) is 6.34. The highest BCUT2D eigenvalue weighted by Crippen LogP contribution is 2.42. The molecule has 0 saturated heterocycles. The molecule has 3 N–H and O–H groups in total. The Labute approximate surface area is 143 Å². The monoisotopic (exact) mass is 331 g/mol. The zero-order valence-corrected chi connectivity index (χ0v) is 14.6. The van der Waals surface area contributed by atoms with Crippen LogP contribution in [0.15, 0.2) is 0 Å². The number of carbonyl (C=O) groups excluding carboxylic acids is 1. The van der Waals surface area contributed by atoms with Gasteiger partial charge in [-0.15, -0.1) is 0 Å². The Balaban J connectivity index is 1.44. The number of rotatable bonds is 3. The van der Waals surface area contributed by atoms with Gasteiger partial charge in [-0.1, -0.05) is 13.3 Å². The van der Waals surface area contributed by atoms with E-state index in [0.717, 1.165) is 50.3 Å². The fourth-order valence-electron chi connectivity index (χ4n) is 4.98. The molecule has 6 heteroatoms. The molecule has 0 radical (unpaired) electrons. The van der Waals surface area contributed by atoms with Crippen molar-refractivity contribution in [2.75, 3.05) is 0 Å². The number of amides is 1. The van der Waals surface area contributed by atoms with Gasteiger partial charge in [-0.25, -0.2) is 9.67 Å². The van der Waals surface area contributed by atoms with E-state index in [1.165, 1.54) is 19.3 Å². The molecule has 2 fully saturated rings. The van der Waals surface area contributed by atoms with Crippen LogP contribution in [0.3, 0.4) is 0 Å². The molecule has 1 aliphatic heterocycles. The fraction of sp³-hybridized carbons (Fsp3) is 0.833. The molecule has 0 spiro atoms. The summed E-state index contributed by atoms with van der Waals surface area (Å²) in [5.74, 6) is 3.23. The van der Waals surface area contributed by atoms with Crippen molar-refractivity contribution in [3.05, 3.63) is 11.6 Å². The summed E-state index contributed by atoms with van der Waals surface area (Å²) < 4.78 is 1.98. The quantitative estimate of drug-likeness (QED) is 0.886. The minimum absolute atomic E-state index is 0.0227. The summed E-state index contributed by atoms with van der Waals surface area (Å²) in [6, 6.07) is 0.335. The number of nitrogens with one attached hydrogen (secondary N) is 1. The maximum absolute atomic E-state index is 12.9. The lowest BCUT2D eigenvalue weighted by Gasteiger charge is -2.43. The van der Waals surface area contributed by atoms with Crippen molar-refractivity contribution in [2.45, 2.75) is 76.9 Å². The van der Waals surface area contributed by atoms with E-state index in [0.29, 0.717) is 17.9 Å². The van der Waals surface area contributed by atoms with Crippen LogP contribution in [-0.4, -0.2) is 26.7 Å². The van der Waals surface area contributed by atoms with Crippen molar-refractivity contribution in [3.8, 4) is 0 Å². The maximum atomic E-state index is 12.9. The highest BCUT2D eigenvalue weighted by atomic mass is 16.2. The van der Waals surface area contributed by atoms with Crippen molar-refractivity contribution in [1.29, 1.82) is 0 Å². The molecular formula is C18H29N5O. The van der Waals surface area contributed by atoms with E-state index in [1.54, 1.807) is 0 Å². The topological polar surface area (TPSA) is 85.8 Å². The van der Waals surface area contributed by atoms with Crippen molar-refractivity contribution in [2.24, 2.45) is 23.5 Å². The zero-order valence-electron chi connectivity index (χ0n) is 14.6. The number of hydrogen-bond donors (Lipinski definition) is 2. The molecule has 132 valence electrons. The van der Waals surface area contributed by atoms with E-state index in [-0.39, 0.29) is 17.9 Å². The van der Waals surface area contributed by atoms with Gasteiger partial charge in [0.15, 0.2) is 5.82 Å². The number of fused-ring (bicyclic) bond motifs is 3. The summed E-state index contributed by atoms with van der Waals surface area (Å²) in [4.78, 5) is 17.5. The van der Waals surface area contributed by atoms with Gasteiger partial charge in [-0.2, -0.15) is 5.10 Å². The number of carbonyl (C=O) groups is 1. The molecular weight excluding hydrogens is 302 g/mol. The van der Waals surface area contributed by atoms with E-state index in [9.17, 15) is 4.79 Å². The second-order valence-electron chi connectivity index (χ2n) is 7.86. The average Bonchev–Trinajstić information content (AvgIpc) is 2.99. The van der Waals surface area contributed by atoms with E-state index in [1.807, 2.05) is 4.68 Å². The summed E-state index contributed by atoms with van der Waals surface area (Å²) in [6.45, 7) is 2.98. The molecule has 1 aromatic heterocycles. The van der Waals surface area contributed by atoms with Gasteiger partial charge < -0.3 is 11.1 Å². The standard InChI is InChI=1S/C18H29N5O/c1-2-15-21-17-14(7-4-8-23(17)22-15)20-18(24)13-9-11-5-3-6-12(10-13)16(11)19/h11-14,16H,2-10,19H2,1H3,(H,20,24). The van der Waals surface area contributed by atoms with Gasteiger partial charge in [0.1, 0.15) is 5.82 Å². The third-order valence-corrected chi connectivity index (χ3v) is 6.34. The van der Waals surface area contributed by atoms with Crippen LogP contribution in [0.25, 0.3) is 0 Å². The van der Waals surface area contributed by atoms with Crippen LogP contribution in [0.2, 0.25) is 0 Å². The molecule has 1 amide bonds. The Hall–Kier alpha value is -1.43. The molecule has 1 aromatic rings. The lowest BCUT2D eigenvalue weighted by Crippen LogP contribution is -2.49. The van der Waals surface area contributed by atoms with Gasteiger partial charge in [0.05, 0.1) is 6.04 Å². The van der Waals surface area contributed by atoms with Crippen LogP contribution in [0.4, 0.5) is 0 Å². The first-order valence-electron chi connectivity index (χ1n) is 9.65. The van der Waals surface area contributed by atoms with E-state index < -0.39 is 0 Å². The van der Waals surface area contributed by atoms with E-state index >= 15 is 0 Å². The normalized spacial score (nSPS) is 35.3. The van der Waals surface area contributed by atoms with Crippen LogP contribution in [0, 0.1) is 17.8 Å². The predicted octanol–water partition coefficient (Wildman–Crippen LogP) is 1.95. The SMILES string of the molecule is CCc1nc2n(n1)CCCC2NC(=O)C1CC2CCCC(C1)C2N. The average molecular weight is 331 g/mol. The molecule has 0 aromatic carbocycles. The molecule has 2 bridgehead atoms. The van der Waals surface area contributed by atoms with Crippen molar-refractivity contribution < 1.29 is 4.79 Å². The molecule has 3 aliphatic rings. The molecule has 4 rings (SSSR count). The van der Waals surface area contributed by atoms with Gasteiger partial charge >= 0.3 is 0 Å². The number of nitrogens with two attached hydrogens (primary N) is 1.